The Morgan fingerprint density at radius 3 is 2.80 bits per heavy atom. The molecule has 4 atom stereocenters. The molecule has 5 rings (SSSR count). The Labute approximate surface area is 207 Å². The van der Waals surface area contributed by atoms with E-state index in [4.69, 9.17) is 4.74 Å². The molecule has 5 heteroatoms. The Bertz CT molecular complexity index is 1220. The highest BCUT2D eigenvalue weighted by molar-refractivity contribution is 5.98. The van der Waals surface area contributed by atoms with Gasteiger partial charge in [0.15, 0.2) is 0 Å². The monoisotopic (exact) mass is 470 g/mol. The molecule has 1 heterocycles. The summed E-state index contributed by atoms with van der Waals surface area (Å²) in [6.45, 7) is 6.46. The van der Waals surface area contributed by atoms with Gasteiger partial charge in [0.1, 0.15) is 5.75 Å². The summed E-state index contributed by atoms with van der Waals surface area (Å²) in [6.07, 6.45) is 3.68. The lowest BCUT2D eigenvalue weighted by Crippen LogP contribution is -2.61. The van der Waals surface area contributed by atoms with Crippen LogP contribution in [0.15, 0.2) is 79.4 Å². The number of fused-ring (bicyclic) bond motifs is 2. The van der Waals surface area contributed by atoms with E-state index in [0.29, 0.717) is 12.0 Å². The smallest absolute Gasteiger partial charge is 0.251 e. The molecule has 2 aliphatic rings. The minimum absolute atomic E-state index is 0.0807. The van der Waals surface area contributed by atoms with E-state index in [1.807, 2.05) is 60.7 Å². The van der Waals surface area contributed by atoms with Gasteiger partial charge in [0.25, 0.3) is 5.91 Å². The van der Waals surface area contributed by atoms with Crippen LogP contribution in [-0.2, 0) is 5.41 Å². The van der Waals surface area contributed by atoms with Gasteiger partial charge in [-0.05, 0) is 66.4 Å². The second-order valence-corrected chi connectivity index (χ2v) is 10.0. The van der Waals surface area contributed by atoms with Gasteiger partial charge in [0, 0.05) is 36.0 Å². The Hall–Kier alpha value is -3.15. The number of carbonyl (C=O) groups excluding carboxylic acids is 1. The number of amides is 1. The molecule has 5 nitrogen and oxygen atoms in total. The van der Waals surface area contributed by atoms with Crippen LogP contribution in [0.25, 0.3) is 10.8 Å². The molecule has 1 unspecified atom stereocenters. The first kappa shape index (κ1) is 23.6. The van der Waals surface area contributed by atoms with E-state index in [1.54, 1.807) is 7.11 Å². The zero-order valence-electron chi connectivity index (χ0n) is 20.3. The van der Waals surface area contributed by atoms with E-state index in [1.165, 1.54) is 5.56 Å². The number of carbonyl (C=O) groups is 1. The van der Waals surface area contributed by atoms with E-state index < -0.39 is 6.10 Å². The summed E-state index contributed by atoms with van der Waals surface area (Å²) in [6, 6.07) is 22.0. The number of likely N-dealkylation sites (tertiary alicyclic amines) is 1. The number of hydrogen-bond acceptors (Lipinski definition) is 4. The van der Waals surface area contributed by atoms with Gasteiger partial charge in [0.05, 0.1) is 13.2 Å². The van der Waals surface area contributed by atoms with Gasteiger partial charge in [-0.2, -0.15) is 0 Å². The molecular weight excluding hydrogens is 436 g/mol. The molecule has 1 saturated heterocycles. The van der Waals surface area contributed by atoms with Crippen LogP contribution in [0.1, 0.15) is 35.2 Å². The van der Waals surface area contributed by atoms with E-state index in [9.17, 15) is 9.90 Å². The van der Waals surface area contributed by atoms with Gasteiger partial charge in [-0.1, -0.05) is 48.5 Å². The Morgan fingerprint density at radius 2 is 2.00 bits per heavy atom. The molecule has 1 saturated carbocycles. The third-order valence-corrected chi connectivity index (χ3v) is 8.02. The van der Waals surface area contributed by atoms with Gasteiger partial charge in [-0.15, -0.1) is 6.58 Å². The van der Waals surface area contributed by atoms with Crippen LogP contribution >= 0.6 is 0 Å². The number of nitrogens with one attached hydrogen (secondary N) is 1. The van der Waals surface area contributed by atoms with Crippen LogP contribution in [0.2, 0.25) is 0 Å². The molecule has 1 aliphatic carbocycles. The number of methoxy groups -OCH3 is 1. The zero-order chi connectivity index (χ0) is 24.4. The normalized spacial score (nSPS) is 26.6. The summed E-state index contributed by atoms with van der Waals surface area (Å²) in [7, 11) is 1.68. The summed E-state index contributed by atoms with van der Waals surface area (Å²) in [4.78, 5) is 15.6. The lowest BCUT2D eigenvalue weighted by Gasteiger charge is -2.54. The van der Waals surface area contributed by atoms with Crippen molar-refractivity contribution in [2.75, 3.05) is 26.7 Å². The average molecular weight is 471 g/mol. The summed E-state index contributed by atoms with van der Waals surface area (Å²) < 4.78 is 5.54. The van der Waals surface area contributed by atoms with Crippen molar-refractivity contribution in [3.05, 3.63) is 90.5 Å². The summed E-state index contributed by atoms with van der Waals surface area (Å²) in [5.74, 6) is 0.814. The predicted molar refractivity (Wildman–Crippen MR) is 140 cm³/mol. The molecule has 0 aromatic heterocycles. The highest BCUT2D eigenvalue weighted by atomic mass is 16.5. The fraction of sp³-hybridized carbons (Fsp3) is 0.367. The van der Waals surface area contributed by atoms with Crippen LogP contribution in [0.5, 0.6) is 5.75 Å². The summed E-state index contributed by atoms with van der Waals surface area (Å²) in [5.41, 5.74) is 1.60. The molecular formula is C30H34N2O3. The molecule has 2 fully saturated rings. The number of piperidine rings is 1. The molecule has 0 spiro atoms. The van der Waals surface area contributed by atoms with Crippen LogP contribution in [0.3, 0.4) is 0 Å². The van der Waals surface area contributed by atoms with Crippen molar-refractivity contribution < 1.29 is 14.6 Å². The third kappa shape index (κ3) is 4.58. The molecule has 3 aromatic carbocycles. The molecule has 1 amide bonds. The maximum absolute atomic E-state index is 13.3. The van der Waals surface area contributed by atoms with Gasteiger partial charge in [-0.25, -0.2) is 0 Å². The number of aliphatic hydroxyl groups is 1. The maximum atomic E-state index is 13.3. The quantitative estimate of drug-likeness (QED) is 0.519. The summed E-state index contributed by atoms with van der Waals surface area (Å²) in [5, 5.41) is 16.8. The van der Waals surface area contributed by atoms with E-state index >= 15 is 0 Å². The number of ether oxygens (including phenoxy) is 1. The predicted octanol–water partition coefficient (Wildman–Crippen LogP) is 4.55. The second kappa shape index (κ2) is 9.84. The minimum atomic E-state index is -0.510. The molecule has 182 valence electrons. The molecule has 1 aliphatic heterocycles. The van der Waals surface area contributed by atoms with Crippen molar-refractivity contribution in [3.8, 4) is 5.75 Å². The van der Waals surface area contributed by atoms with Crippen LogP contribution in [0, 0.1) is 5.92 Å². The molecule has 35 heavy (non-hydrogen) atoms. The number of nitrogens with zero attached hydrogens (tertiary/aromatic N) is 1. The highest BCUT2D eigenvalue weighted by Crippen LogP contribution is 2.49. The molecule has 2 N–H and O–H groups in total. The number of aliphatic hydroxyl groups excluding tert-OH is 1. The van der Waals surface area contributed by atoms with Crippen LogP contribution < -0.4 is 10.1 Å². The highest BCUT2D eigenvalue weighted by Gasteiger charge is 2.52. The van der Waals surface area contributed by atoms with Crippen molar-refractivity contribution in [1.82, 2.24) is 10.2 Å². The van der Waals surface area contributed by atoms with Crippen molar-refractivity contribution in [3.63, 3.8) is 0 Å². The van der Waals surface area contributed by atoms with Gasteiger partial charge >= 0.3 is 0 Å². The Kier molecular flexibility index (Phi) is 6.63. The van der Waals surface area contributed by atoms with Crippen LogP contribution in [-0.4, -0.2) is 54.8 Å². The first-order valence-electron chi connectivity index (χ1n) is 12.5. The molecule has 0 bridgehead atoms. The Morgan fingerprint density at radius 1 is 1.17 bits per heavy atom. The number of benzene rings is 3. The first-order valence-corrected chi connectivity index (χ1v) is 12.5. The van der Waals surface area contributed by atoms with Gasteiger partial charge in [-0.3, -0.25) is 9.69 Å². The SMILES string of the molecule is C=CCN1CC[C@@]2(c3cccc(OC)c3)C[C@@H](NC(=O)c3ccc4ccccc4c3)CC(O)[C@@H]2C1. The molecule has 3 aromatic rings. The van der Waals surface area contributed by atoms with Gasteiger partial charge < -0.3 is 15.2 Å². The lowest BCUT2D eigenvalue weighted by atomic mass is 9.57. The zero-order valence-corrected chi connectivity index (χ0v) is 20.3. The van der Waals surface area contributed by atoms with E-state index in [0.717, 1.165) is 49.0 Å². The molecule has 0 radical (unpaired) electrons. The largest absolute Gasteiger partial charge is 0.497 e. The van der Waals surface area contributed by atoms with Crippen molar-refractivity contribution >= 4 is 16.7 Å². The number of hydrogen-bond donors (Lipinski definition) is 2. The van der Waals surface area contributed by atoms with Crippen molar-refractivity contribution in [1.29, 1.82) is 0 Å². The standard InChI is InChI=1S/C30H34N2O3/c1-3-14-32-15-13-30(24-9-6-10-26(17-24)35-2)19-25(18-28(33)27(30)20-32)31-29(34)23-12-11-21-7-4-5-8-22(21)16-23/h3-12,16-17,25,27-28,33H,1,13-15,18-20H2,2H3,(H,31,34)/t25-,27-,28?,30-/m0/s1. The second-order valence-electron chi connectivity index (χ2n) is 10.0. The first-order chi connectivity index (χ1) is 17.0. The lowest BCUT2D eigenvalue weighted by molar-refractivity contribution is -0.0450. The minimum Gasteiger partial charge on any atom is -0.497 e. The topological polar surface area (TPSA) is 61.8 Å². The van der Waals surface area contributed by atoms with E-state index in [-0.39, 0.29) is 23.3 Å². The Balaban J connectivity index is 1.43. The third-order valence-electron chi connectivity index (χ3n) is 8.02. The maximum Gasteiger partial charge on any atom is 0.251 e. The summed E-state index contributed by atoms with van der Waals surface area (Å²) >= 11 is 0. The van der Waals surface area contributed by atoms with E-state index in [2.05, 4.69) is 28.9 Å². The average Bonchev–Trinajstić information content (AvgIpc) is 2.89. The van der Waals surface area contributed by atoms with Crippen molar-refractivity contribution in [2.24, 2.45) is 5.92 Å². The van der Waals surface area contributed by atoms with Crippen LogP contribution in [0.4, 0.5) is 0 Å². The fourth-order valence-electron chi connectivity index (χ4n) is 6.28. The number of rotatable bonds is 6. The van der Waals surface area contributed by atoms with Gasteiger partial charge in [0.2, 0.25) is 0 Å². The van der Waals surface area contributed by atoms with Crippen molar-refractivity contribution in [2.45, 2.75) is 36.8 Å². The fourth-order valence-corrected chi connectivity index (χ4v) is 6.28.